The van der Waals surface area contributed by atoms with Gasteiger partial charge in [-0.25, -0.2) is 0 Å². The van der Waals surface area contributed by atoms with Crippen LogP contribution < -0.4 is 0 Å². The van der Waals surface area contributed by atoms with Gasteiger partial charge >= 0.3 is 11.9 Å². The summed E-state index contributed by atoms with van der Waals surface area (Å²) < 4.78 is 9.87. The highest BCUT2D eigenvalue weighted by Crippen LogP contribution is 2.23. The van der Waals surface area contributed by atoms with Crippen molar-refractivity contribution >= 4 is 17.7 Å². The highest BCUT2D eigenvalue weighted by atomic mass is 16.5. The molecular weight excluding hydrogens is 272 g/mol. The predicted octanol–water partition coefficient (Wildman–Crippen LogP) is 2.72. The van der Waals surface area contributed by atoms with E-state index in [9.17, 15) is 14.4 Å². The third-order valence-corrected chi connectivity index (χ3v) is 3.33. The third-order valence-electron chi connectivity index (χ3n) is 3.33. The molecule has 0 aromatic carbocycles. The van der Waals surface area contributed by atoms with Gasteiger partial charge in [0, 0.05) is 13.3 Å². The molecule has 0 saturated carbocycles. The molecular formula is C16H24O5. The number of ether oxygens (including phenoxy) is 2. The number of unbranched alkanes of at least 4 members (excludes halogenated alkanes) is 3. The Bertz CT molecular complexity index is 411. The molecule has 0 amide bonds. The van der Waals surface area contributed by atoms with E-state index >= 15 is 0 Å². The molecule has 0 fully saturated rings. The van der Waals surface area contributed by atoms with Gasteiger partial charge in [0.2, 0.25) is 0 Å². The lowest BCUT2D eigenvalue weighted by molar-refractivity contribution is -0.145. The Balaban J connectivity index is 2.13. The Labute approximate surface area is 125 Å². The molecule has 0 spiro atoms. The smallest absolute Gasteiger partial charge is 0.305 e. The fraction of sp³-hybridized carbons (Fsp3) is 0.688. The number of carbonyl (C=O) groups is 3. The molecule has 5 heteroatoms. The molecule has 0 aromatic rings. The number of allylic oxidation sites excluding steroid dienone is 1. The van der Waals surface area contributed by atoms with Crippen LogP contribution in [0.25, 0.3) is 0 Å². The van der Waals surface area contributed by atoms with E-state index in [1.807, 2.05) is 0 Å². The zero-order chi connectivity index (χ0) is 15.7. The molecule has 0 heterocycles. The monoisotopic (exact) mass is 296 g/mol. The summed E-state index contributed by atoms with van der Waals surface area (Å²) in [6.07, 6.45) is 6.50. The van der Waals surface area contributed by atoms with Crippen LogP contribution in [0.1, 0.15) is 58.8 Å². The van der Waals surface area contributed by atoms with E-state index in [4.69, 9.17) is 9.47 Å². The van der Waals surface area contributed by atoms with Gasteiger partial charge in [-0.1, -0.05) is 12.8 Å². The maximum atomic E-state index is 11.7. The number of rotatable bonds is 9. The normalized spacial score (nSPS) is 17.5. The van der Waals surface area contributed by atoms with Crippen molar-refractivity contribution in [2.45, 2.75) is 64.9 Å². The van der Waals surface area contributed by atoms with Crippen LogP contribution in [0, 0.1) is 0 Å². The molecule has 5 nitrogen and oxygen atoms in total. The molecule has 0 saturated heterocycles. The summed E-state index contributed by atoms with van der Waals surface area (Å²) in [4.78, 5) is 33.7. The fourth-order valence-electron chi connectivity index (χ4n) is 2.37. The molecule has 1 aliphatic rings. The maximum absolute atomic E-state index is 11.7. The van der Waals surface area contributed by atoms with Gasteiger partial charge in [0.15, 0.2) is 5.78 Å². The molecule has 118 valence electrons. The second-order valence-electron chi connectivity index (χ2n) is 5.19. The van der Waals surface area contributed by atoms with Crippen molar-refractivity contribution in [1.29, 1.82) is 0 Å². The van der Waals surface area contributed by atoms with Crippen LogP contribution >= 0.6 is 0 Å². The minimum absolute atomic E-state index is 0.0766. The topological polar surface area (TPSA) is 69.7 Å². The van der Waals surface area contributed by atoms with Gasteiger partial charge in [0.05, 0.1) is 13.0 Å². The molecule has 0 radical (unpaired) electrons. The van der Waals surface area contributed by atoms with Crippen LogP contribution in [0.15, 0.2) is 11.6 Å². The molecule has 0 aromatic heterocycles. The highest BCUT2D eigenvalue weighted by Gasteiger charge is 2.25. The second kappa shape index (κ2) is 9.32. The SMILES string of the molecule is CCOC(=O)CCCCCCC1=CC(OC(C)=O)CC1=O. The van der Waals surface area contributed by atoms with Crippen LogP contribution in [0.4, 0.5) is 0 Å². The summed E-state index contributed by atoms with van der Waals surface area (Å²) in [6.45, 7) is 3.58. The summed E-state index contributed by atoms with van der Waals surface area (Å²) >= 11 is 0. The van der Waals surface area contributed by atoms with Gasteiger partial charge in [-0.2, -0.15) is 0 Å². The van der Waals surface area contributed by atoms with Crippen LogP contribution in [0.5, 0.6) is 0 Å². The Hall–Kier alpha value is -1.65. The van der Waals surface area contributed by atoms with Crippen LogP contribution in [0.2, 0.25) is 0 Å². The van der Waals surface area contributed by atoms with Gasteiger partial charge in [-0.3, -0.25) is 14.4 Å². The van der Waals surface area contributed by atoms with Crippen LogP contribution in [0.3, 0.4) is 0 Å². The van der Waals surface area contributed by atoms with E-state index < -0.39 is 0 Å². The fourth-order valence-corrected chi connectivity index (χ4v) is 2.37. The minimum atomic E-state index is -0.381. The van der Waals surface area contributed by atoms with E-state index in [0.29, 0.717) is 13.0 Å². The van der Waals surface area contributed by atoms with E-state index in [2.05, 4.69) is 0 Å². The molecule has 1 aliphatic carbocycles. The highest BCUT2D eigenvalue weighted by molar-refractivity contribution is 5.98. The van der Waals surface area contributed by atoms with Crippen molar-refractivity contribution < 1.29 is 23.9 Å². The molecule has 0 bridgehead atoms. The van der Waals surface area contributed by atoms with Crippen LogP contribution in [-0.2, 0) is 23.9 Å². The number of carbonyl (C=O) groups excluding carboxylic acids is 3. The maximum Gasteiger partial charge on any atom is 0.305 e. The molecule has 1 unspecified atom stereocenters. The van der Waals surface area contributed by atoms with Crippen molar-refractivity contribution in [3.63, 3.8) is 0 Å². The largest absolute Gasteiger partial charge is 0.466 e. The van der Waals surface area contributed by atoms with Crippen molar-refractivity contribution in [1.82, 2.24) is 0 Å². The zero-order valence-corrected chi connectivity index (χ0v) is 12.9. The summed E-state index contributed by atoms with van der Waals surface area (Å²) in [5, 5.41) is 0. The van der Waals surface area contributed by atoms with Gasteiger partial charge in [0.25, 0.3) is 0 Å². The lowest BCUT2D eigenvalue weighted by Crippen LogP contribution is -2.12. The average molecular weight is 296 g/mol. The first-order chi connectivity index (χ1) is 10.0. The predicted molar refractivity (Wildman–Crippen MR) is 77.6 cm³/mol. The minimum Gasteiger partial charge on any atom is -0.466 e. The van der Waals surface area contributed by atoms with Crippen molar-refractivity contribution in [2.75, 3.05) is 6.61 Å². The lowest BCUT2D eigenvalue weighted by Gasteiger charge is -2.05. The van der Waals surface area contributed by atoms with E-state index in [0.717, 1.165) is 37.7 Å². The number of hydrogen-bond donors (Lipinski definition) is 0. The Morgan fingerprint density at radius 3 is 2.62 bits per heavy atom. The lowest BCUT2D eigenvalue weighted by atomic mass is 10.0. The summed E-state index contributed by atoms with van der Waals surface area (Å²) in [5.41, 5.74) is 0.770. The Morgan fingerprint density at radius 2 is 1.95 bits per heavy atom. The van der Waals surface area contributed by atoms with E-state index in [1.165, 1.54) is 6.92 Å². The van der Waals surface area contributed by atoms with Gasteiger partial charge < -0.3 is 9.47 Å². The summed E-state index contributed by atoms with van der Waals surface area (Å²) in [6, 6.07) is 0. The first kappa shape index (κ1) is 17.4. The van der Waals surface area contributed by atoms with Gasteiger partial charge in [-0.05, 0) is 37.8 Å². The standard InChI is InChI=1S/C16H24O5/c1-3-20-16(19)9-7-5-4-6-8-13-10-14(11-15(13)18)21-12(2)17/h10,14H,3-9,11H2,1-2H3. The Kier molecular flexibility index (Phi) is 7.72. The Morgan fingerprint density at radius 1 is 1.24 bits per heavy atom. The third kappa shape index (κ3) is 7.06. The molecule has 0 N–H and O–H groups in total. The van der Waals surface area contributed by atoms with Crippen molar-refractivity contribution in [3.8, 4) is 0 Å². The van der Waals surface area contributed by atoms with Gasteiger partial charge in [-0.15, -0.1) is 0 Å². The number of esters is 2. The number of ketones is 1. The average Bonchev–Trinajstić information content (AvgIpc) is 2.73. The van der Waals surface area contributed by atoms with Crippen molar-refractivity contribution in [2.24, 2.45) is 0 Å². The molecule has 0 aliphatic heterocycles. The quantitative estimate of drug-likeness (QED) is 0.483. The van der Waals surface area contributed by atoms with Crippen LogP contribution in [-0.4, -0.2) is 30.4 Å². The zero-order valence-electron chi connectivity index (χ0n) is 12.9. The molecule has 1 atom stereocenters. The first-order valence-electron chi connectivity index (χ1n) is 7.59. The molecule has 21 heavy (non-hydrogen) atoms. The van der Waals surface area contributed by atoms with E-state index in [-0.39, 0.29) is 30.2 Å². The summed E-state index contributed by atoms with van der Waals surface area (Å²) in [5.74, 6) is -0.424. The second-order valence-corrected chi connectivity index (χ2v) is 5.19. The van der Waals surface area contributed by atoms with E-state index in [1.54, 1.807) is 13.0 Å². The molecule has 1 rings (SSSR count). The van der Waals surface area contributed by atoms with Crippen molar-refractivity contribution in [3.05, 3.63) is 11.6 Å². The number of hydrogen-bond acceptors (Lipinski definition) is 5. The number of Topliss-reactive ketones (excluding diaryl/α,β-unsaturated/α-hetero) is 1. The first-order valence-corrected chi connectivity index (χ1v) is 7.59. The van der Waals surface area contributed by atoms with Gasteiger partial charge in [0.1, 0.15) is 6.10 Å². The summed E-state index contributed by atoms with van der Waals surface area (Å²) in [7, 11) is 0.